The molecule has 0 fully saturated rings. The van der Waals surface area contributed by atoms with Gasteiger partial charge in [-0.15, -0.1) is 0 Å². The second kappa shape index (κ2) is 4.34. The monoisotopic (exact) mass is 231 g/mol. The number of amides is 1. The van der Waals surface area contributed by atoms with Crippen LogP contribution < -0.4 is 0 Å². The summed E-state index contributed by atoms with van der Waals surface area (Å²) in [7, 11) is 0. The van der Waals surface area contributed by atoms with Crippen LogP contribution in [0.25, 0.3) is 5.70 Å². The molecule has 0 aromatic heterocycles. The van der Waals surface area contributed by atoms with Gasteiger partial charge in [-0.1, -0.05) is 31.7 Å². The van der Waals surface area contributed by atoms with Crippen LogP contribution in [0.4, 0.5) is 0 Å². The van der Waals surface area contributed by atoms with Gasteiger partial charge in [-0.3, -0.25) is 4.79 Å². The number of fused-ring (bicyclic) bond motifs is 1. The molecule has 1 heterocycles. The molecule has 1 aromatic rings. The molecule has 0 bridgehead atoms. The molecule has 1 N–H and O–H groups in total. The van der Waals surface area contributed by atoms with Gasteiger partial charge in [-0.25, -0.2) is 0 Å². The smallest absolute Gasteiger partial charge is 0.259 e. The number of aliphatic hydroxyl groups excluding tert-OH is 1. The van der Waals surface area contributed by atoms with E-state index >= 15 is 0 Å². The number of carbonyl (C=O) groups is 1. The maximum absolute atomic E-state index is 12.3. The number of carbonyl (C=O) groups excluding carboxylic acids is 1. The summed E-state index contributed by atoms with van der Waals surface area (Å²) in [6.07, 6.45) is 0. The number of hydrogen-bond donors (Lipinski definition) is 1. The quantitative estimate of drug-likeness (QED) is 0.865. The molecule has 90 valence electrons. The highest BCUT2D eigenvalue weighted by atomic mass is 16.3. The average molecular weight is 231 g/mol. The topological polar surface area (TPSA) is 40.5 Å². The van der Waals surface area contributed by atoms with Crippen LogP contribution in [0.5, 0.6) is 0 Å². The van der Waals surface area contributed by atoms with Crippen molar-refractivity contribution in [3.63, 3.8) is 0 Å². The molecule has 0 saturated heterocycles. The molecule has 17 heavy (non-hydrogen) atoms. The minimum atomic E-state index is -0.0487. The highest BCUT2D eigenvalue weighted by Crippen LogP contribution is 2.34. The van der Waals surface area contributed by atoms with Gasteiger partial charge in [0.15, 0.2) is 0 Å². The largest absolute Gasteiger partial charge is 0.396 e. The van der Waals surface area contributed by atoms with Gasteiger partial charge in [0.1, 0.15) is 0 Å². The van der Waals surface area contributed by atoms with E-state index in [0.717, 1.165) is 11.3 Å². The van der Waals surface area contributed by atoms with Gasteiger partial charge >= 0.3 is 0 Å². The summed E-state index contributed by atoms with van der Waals surface area (Å²) in [4.78, 5) is 13.9. The van der Waals surface area contributed by atoms with Crippen LogP contribution in [0.15, 0.2) is 30.8 Å². The second-order valence-electron chi connectivity index (χ2n) is 4.57. The van der Waals surface area contributed by atoms with Crippen LogP contribution in [0.1, 0.15) is 29.8 Å². The van der Waals surface area contributed by atoms with E-state index in [1.165, 1.54) is 0 Å². The molecule has 0 saturated carbocycles. The molecule has 1 aromatic carbocycles. The van der Waals surface area contributed by atoms with E-state index in [1.807, 2.05) is 38.1 Å². The van der Waals surface area contributed by atoms with Gasteiger partial charge < -0.3 is 10.0 Å². The lowest BCUT2D eigenvalue weighted by molar-refractivity contribution is 0.0747. The van der Waals surface area contributed by atoms with Crippen LogP contribution in [-0.2, 0) is 0 Å². The molecule has 1 aliphatic rings. The molecule has 3 heteroatoms. The Labute approximate surface area is 101 Å². The minimum Gasteiger partial charge on any atom is -0.396 e. The van der Waals surface area contributed by atoms with Gasteiger partial charge in [0.25, 0.3) is 5.91 Å². The average Bonchev–Trinajstić information content (AvgIpc) is 2.61. The Hall–Kier alpha value is -1.61. The molecule has 0 aliphatic carbocycles. The summed E-state index contributed by atoms with van der Waals surface area (Å²) in [6.45, 7) is 7.92. The lowest BCUT2D eigenvalue weighted by Gasteiger charge is -2.29. The van der Waals surface area contributed by atoms with Crippen LogP contribution >= 0.6 is 0 Å². The Kier molecular flexibility index (Phi) is 3.03. The van der Waals surface area contributed by atoms with Gasteiger partial charge in [0, 0.05) is 29.5 Å². The lowest BCUT2D eigenvalue weighted by atomic mass is 10.0. The van der Waals surface area contributed by atoms with Crippen LogP contribution in [0, 0.1) is 5.92 Å². The van der Waals surface area contributed by atoms with Crippen LogP contribution in [0.2, 0.25) is 0 Å². The Bertz CT molecular complexity index is 432. The molecule has 0 radical (unpaired) electrons. The summed E-state index contributed by atoms with van der Waals surface area (Å²) in [5.74, 6) is 0.0170. The Morgan fingerprint density at radius 1 is 1.29 bits per heavy atom. The number of hydrogen-bond acceptors (Lipinski definition) is 2. The highest BCUT2D eigenvalue weighted by Gasteiger charge is 2.35. The summed E-state index contributed by atoms with van der Waals surface area (Å²) < 4.78 is 0. The molecule has 2 atom stereocenters. The van der Waals surface area contributed by atoms with Crippen molar-refractivity contribution in [3.8, 4) is 0 Å². The van der Waals surface area contributed by atoms with Crippen molar-refractivity contribution < 1.29 is 9.90 Å². The minimum absolute atomic E-state index is 0.0154. The van der Waals surface area contributed by atoms with E-state index in [9.17, 15) is 9.90 Å². The van der Waals surface area contributed by atoms with E-state index in [4.69, 9.17) is 0 Å². The van der Waals surface area contributed by atoms with Gasteiger partial charge in [-0.05, 0) is 18.9 Å². The zero-order valence-corrected chi connectivity index (χ0v) is 10.2. The van der Waals surface area contributed by atoms with Gasteiger partial charge in [0.2, 0.25) is 0 Å². The first kappa shape index (κ1) is 11.9. The highest BCUT2D eigenvalue weighted by molar-refractivity contribution is 6.09. The molecule has 1 aliphatic heterocycles. The lowest BCUT2D eigenvalue weighted by Crippen LogP contribution is -2.38. The molecule has 0 spiro atoms. The first-order valence-corrected chi connectivity index (χ1v) is 5.80. The molecule has 3 nitrogen and oxygen atoms in total. The zero-order valence-electron chi connectivity index (χ0n) is 10.2. The van der Waals surface area contributed by atoms with E-state index in [0.29, 0.717) is 5.56 Å². The van der Waals surface area contributed by atoms with Gasteiger partial charge in [-0.2, -0.15) is 0 Å². The number of nitrogens with zero attached hydrogens (tertiary/aromatic N) is 1. The van der Waals surface area contributed by atoms with Crippen molar-refractivity contribution in [3.05, 3.63) is 42.0 Å². The summed E-state index contributed by atoms with van der Waals surface area (Å²) in [6, 6.07) is 7.44. The van der Waals surface area contributed by atoms with Gasteiger partial charge in [0.05, 0.1) is 0 Å². The van der Waals surface area contributed by atoms with E-state index in [1.54, 1.807) is 4.90 Å². The van der Waals surface area contributed by atoms with Crippen molar-refractivity contribution in [2.24, 2.45) is 5.92 Å². The Balaban J connectivity index is 2.36. The van der Waals surface area contributed by atoms with Crippen molar-refractivity contribution in [1.82, 2.24) is 4.90 Å². The van der Waals surface area contributed by atoms with Crippen LogP contribution in [0.3, 0.4) is 0 Å². The number of aliphatic hydroxyl groups is 1. The maximum Gasteiger partial charge on any atom is 0.259 e. The summed E-state index contributed by atoms with van der Waals surface area (Å²) in [5, 5.41) is 9.19. The van der Waals surface area contributed by atoms with E-state index < -0.39 is 0 Å². The molecule has 1 amide bonds. The molecular weight excluding hydrogens is 214 g/mol. The normalized spacial score (nSPS) is 18.2. The summed E-state index contributed by atoms with van der Waals surface area (Å²) in [5.41, 5.74) is 2.34. The predicted octanol–water partition coefficient (Wildman–Crippen LogP) is 2.13. The van der Waals surface area contributed by atoms with E-state index in [-0.39, 0.29) is 24.5 Å². The predicted molar refractivity (Wildman–Crippen MR) is 67.4 cm³/mol. The SMILES string of the molecule is C=C1c2ccccc2C(=O)N1C(C)C(C)CO. The first-order chi connectivity index (χ1) is 8.07. The first-order valence-electron chi connectivity index (χ1n) is 5.80. The fourth-order valence-electron chi connectivity index (χ4n) is 2.14. The second-order valence-corrected chi connectivity index (χ2v) is 4.57. The fourth-order valence-corrected chi connectivity index (χ4v) is 2.14. The third kappa shape index (κ3) is 1.76. The standard InChI is InChI=1S/C14H17NO2/c1-9(8-16)10(2)15-11(3)12-6-4-5-7-13(12)14(15)17/h4-7,9-10,16H,3,8H2,1-2H3. The molecule has 2 unspecified atom stereocenters. The molecule has 2 rings (SSSR count). The van der Waals surface area contributed by atoms with Crippen molar-refractivity contribution in [2.75, 3.05) is 6.61 Å². The fraction of sp³-hybridized carbons (Fsp3) is 0.357. The summed E-state index contributed by atoms with van der Waals surface area (Å²) >= 11 is 0. The number of benzene rings is 1. The third-order valence-corrected chi connectivity index (χ3v) is 3.50. The Morgan fingerprint density at radius 3 is 2.41 bits per heavy atom. The third-order valence-electron chi connectivity index (χ3n) is 3.50. The van der Waals surface area contributed by atoms with E-state index in [2.05, 4.69) is 6.58 Å². The Morgan fingerprint density at radius 2 is 1.88 bits per heavy atom. The maximum atomic E-state index is 12.3. The van der Waals surface area contributed by atoms with Crippen molar-refractivity contribution >= 4 is 11.6 Å². The van der Waals surface area contributed by atoms with Crippen LogP contribution in [-0.4, -0.2) is 28.6 Å². The molecular formula is C14H17NO2. The number of rotatable bonds is 3. The van der Waals surface area contributed by atoms with Crippen molar-refractivity contribution in [2.45, 2.75) is 19.9 Å². The zero-order chi connectivity index (χ0) is 12.6. The van der Waals surface area contributed by atoms with Crippen molar-refractivity contribution in [1.29, 1.82) is 0 Å².